The minimum absolute atomic E-state index is 0.549. The summed E-state index contributed by atoms with van der Waals surface area (Å²) in [6, 6.07) is 12.9. The molecule has 0 saturated carbocycles. The fraction of sp³-hybridized carbons (Fsp3) is 0.0769. The second-order valence-electron chi connectivity index (χ2n) is 3.30. The zero-order chi connectivity index (χ0) is 11.5. The highest BCUT2D eigenvalue weighted by Crippen LogP contribution is 2.26. The van der Waals surface area contributed by atoms with Gasteiger partial charge in [0.25, 0.3) is 0 Å². The van der Waals surface area contributed by atoms with Crippen LogP contribution in [0.2, 0.25) is 0 Å². The standard InChI is InChI=1S/C13H8N2O/c1-16-11-4-5-12-9(7-14)2-3-10(8-15)13(12)6-11/h2-6H,1H3. The van der Waals surface area contributed by atoms with Gasteiger partial charge in [0.05, 0.1) is 30.4 Å². The molecule has 0 saturated heterocycles. The average Bonchev–Trinajstić information content (AvgIpc) is 2.36. The molecule has 2 aromatic carbocycles. The smallest absolute Gasteiger partial charge is 0.119 e. The molecule has 0 spiro atoms. The molecule has 2 rings (SSSR count). The Kier molecular flexibility index (Phi) is 2.45. The summed E-state index contributed by atoms with van der Waals surface area (Å²) in [4.78, 5) is 0. The number of nitrogens with zero attached hydrogens (tertiary/aromatic N) is 2. The highest BCUT2D eigenvalue weighted by atomic mass is 16.5. The summed E-state index contributed by atoms with van der Waals surface area (Å²) in [6.07, 6.45) is 0. The molecule has 2 aromatic rings. The quantitative estimate of drug-likeness (QED) is 0.723. The molecule has 3 nitrogen and oxygen atoms in total. The lowest BCUT2D eigenvalue weighted by atomic mass is 10.0. The topological polar surface area (TPSA) is 56.8 Å². The summed E-state index contributed by atoms with van der Waals surface area (Å²) in [6.45, 7) is 0. The van der Waals surface area contributed by atoms with E-state index >= 15 is 0 Å². The second kappa shape index (κ2) is 3.92. The number of ether oxygens (including phenoxy) is 1. The van der Waals surface area contributed by atoms with Crippen LogP contribution in [0.15, 0.2) is 30.3 Å². The summed E-state index contributed by atoms with van der Waals surface area (Å²) < 4.78 is 5.10. The van der Waals surface area contributed by atoms with Crippen molar-refractivity contribution >= 4 is 10.8 Å². The fourth-order valence-electron chi connectivity index (χ4n) is 1.65. The van der Waals surface area contributed by atoms with Crippen LogP contribution in [-0.2, 0) is 0 Å². The molecule has 0 aliphatic heterocycles. The maximum absolute atomic E-state index is 8.99. The summed E-state index contributed by atoms with van der Waals surface area (Å²) in [7, 11) is 1.57. The summed E-state index contributed by atoms with van der Waals surface area (Å²) in [5.74, 6) is 0.680. The minimum Gasteiger partial charge on any atom is -0.497 e. The zero-order valence-corrected chi connectivity index (χ0v) is 8.69. The van der Waals surface area contributed by atoms with E-state index in [1.165, 1.54) is 0 Å². The van der Waals surface area contributed by atoms with Crippen molar-refractivity contribution in [3.63, 3.8) is 0 Å². The van der Waals surface area contributed by atoms with Gasteiger partial charge in [-0.15, -0.1) is 0 Å². The van der Waals surface area contributed by atoms with Crippen molar-refractivity contribution in [1.82, 2.24) is 0 Å². The number of rotatable bonds is 1. The van der Waals surface area contributed by atoms with Crippen molar-refractivity contribution < 1.29 is 4.74 Å². The molecule has 16 heavy (non-hydrogen) atoms. The van der Waals surface area contributed by atoms with E-state index in [4.69, 9.17) is 15.3 Å². The zero-order valence-electron chi connectivity index (χ0n) is 8.69. The van der Waals surface area contributed by atoms with E-state index in [2.05, 4.69) is 12.1 Å². The molecule has 0 unspecified atom stereocenters. The number of nitriles is 2. The third-order valence-electron chi connectivity index (χ3n) is 2.46. The van der Waals surface area contributed by atoms with Crippen molar-refractivity contribution in [1.29, 1.82) is 10.5 Å². The Balaban J connectivity index is 2.87. The lowest BCUT2D eigenvalue weighted by molar-refractivity contribution is 0.415. The maximum atomic E-state index is 8.99. The number of methoxy groups -OCH3 is 1. The van der Waals surface area contributed by atoms with Gasteiger partial charge in [-0.05, 0) is 30.3 Å². The first-order chi connectivity index (χ1) is 7.80. The van der Waals surface area contributed by atoms with Gasteiger partial charge in [0.1, 0.15) is 5.75 Å². The van der Waals surface area contributed by atoms with Crippen molar-refractivity contribution in [2.75, 3.05) is 7.11 Å². The first-order valence-corrected chi connectivity index (χ1v) is 4.71. The molecule has 0 N–H and O–H groups in total. The van der Waals surface area contributed by atoms with Gasteiger partial charge in [0.2, 0.25) is 0 Å². The van der Waals surface area contributed by atoms with Gasteiger partial charge < -0.3 is 4.74 Å². The van der Waals surface area contributed by atoms with E-state index in [1.54, 1.807) is 37.4 Å². The van der Waals surface area contributed by atoms with Crippen LogP contribution in [0.25, 0.3) is 10.8 Å². The number of benzene rings is 2. The molecular weight excluding hydrogens is 200 g/mol. The van der Waals surface area contributed by atoms with E-state index < -0.39 is 0 Å². The molecule has 0 bridgehead atoms. The van der Waals surface area contributed by atoms with Gasteiger partial charge in [-0.25, -0.2) is 0 Å². The largest absolute Gasteiger partial charge is 0.497 e. The molecule has 0 fully saturated rings. The van der Waals surface area contributed by atoms with Crippen LogP contribution >= 0.6 is 0 Å². The predicted molar refractivity (Wildman–Crippen MR) is 59.9 cm³/mol. The van der Waals surface area contributed by atoms with Gasteiger partial charge in [0.15, 0.2) is 0 Å². The van der Waals surface area contributed by atoms with Gasteiger partial charge >= 0.3 is 0 Å². The van der Waals surface area contributed by atoms with Gasteiger partial charge in [-0.1, -0.05) is 0 Å². The lowest BCUT2D eigenvalue weighted by Crippen LogP contribution is -1.87. The van der Waals surface area contributed by atoms with Crippen LogP contribution in [0.4, 0.5) is 0 Å². The molecule has 0 heterocycles. The number of hydrogen-bond donors (Lipinski definition) is 0. The van der Waals surface area contributed by atoms with Crippen LogP contribution in [0.5, 0.6) is 5.75 Å². The van der Waals surface area contributed by atoms with Crippen molar-refractivity contribution in [3.8, 4) is 17.9 Å². The van der Waals surface area contributed by atoms with Crippen LogP contribution in [0.3, 0.4) is 0 Å². The SMILES string of the molecule is COc1ccc2c(C#N)ccc(C#N)c2c1. The molecule has 76 valence electrons. The van der Waals surface area contributed by atoms with Crippen molar-refractivity contribution in [3.05, 3.63) is 41.5 Å². The van der Waals surface area contributed by atoms with Gasteiger partial charge in [0, 0.05) is 10.8 Å². The fourth-order valence-corrected chi connectivity index (χ4v) is 1.65. The summed E-state index contributed by atoms with van der Waals surface area (Å²) in [5.41, 5.74) is 1.12. The van der Waals surface area contributed by atoms with Crippen LogP contribution < -0.4 is 4.74 Å². The van der Waals surface area contributed by atoms with E-state index in [0.29, 0.717) is 16.9 Å². The van der Waals surface area contributed by atoms with Gasteiger partial charge in [-0.2, -0.15) is 10.5 Å². The molecule has 0 atom stereocenters. The molecule has 3 heteroatoms. The van der Waals surface area contributed by atoms with E-state index in [0.717, 1.165) is 10.8 Å². The Morgan fingerprint density at radius 2 is 1.56 bits per heavy atom. The summed E-state index contributed by atoms with van der Waals surface area (Å²) >= 11 is 0. The third kappa shape index (κ3) is 1.45. The second-order valence-corrected chi connectivity index (χ2v) is 3.30. The number of hydrogen-bond acceptors (Lipinski definition) is 3. The highest BCUT2D eigenvalue weighted by Gasteiger charge is 2.06. The van der Waals surface area contributed by atoms with E-state index in [-0.39, 0.29) is 0 Å². The van der Waals surface area contributed by atoms with Crippen LogP contribution in [0, 0.1) is 22.7 Å². The normalized spacial score (nSPS) is 9.44. The van der Waals surface area contributed by atoms with Gasteiger partial charge in [-0.3, -0.25) is 0 Å². The molecule has 0 amide bonds. The Hall–Kier alpha value is -2.52. The number of fused-ring (bicyclic) bond motifs is 1. The molecular formula is C13H8N2O. The molecule has 0 radical (unpaired) electrons. The molecule has 0 aromatic heterocycles. The summed E-state index contributed by atoms with van der Waals surface area (Å²) in [5, 5.41) is 19.5. The minimum atomic E-state index is 0.549. The predicted octanol–water partition coefficient (Wildman–Crippen LogP) is 2.59. The van der Waals surface area contributed by atoms with Crippen LogP contribution in [-0.4, -0.2) is 7.11 Å². The monoisotopic (exact) mass is 208 g/mol. The molecule has 0 aliphatic rings. The Bertz CT molecular complexity index is 633. The Morgan fingerprint density at radius 3 is 2.12 bits per heavy atom. The highest BCUT2D eigenvalue weighted by molar-refractivity contribution is 5.93. The van der Waals surface area contributed by atoms with E-state index in [9.17, 15) is 0 Å². The van der Waals surface area contributed by atoms with Crippen molar-refractivity contribution in [2.45, 2.75) is 0 Å². The lowest BCUT2D eigenvalue weighted by Gasteiger charge is -2.05. The molecule has 0 aliphatic carbocycles. The first kappa shape index (κ1) is 10.0. The maximum Gasteiger partial charge on any atom is 0.119 e. The average molecular weight is 208 g/mol. The first-order valence-electron chi connectivity index (χ1n) is 4.71. The van der Waals surface area contributed by atoms with E-state index in [1.807, 2.05) is 0 Å². The Labute approximate surface area is 93.1 Å². The Morgan fingerprint density at radius 1 is 0.938 bits per heavy atom. The third-order valence-corrected chi connectivity index (χ3v) is 2.46. The van der Waals surface area contributed by atoms with Crippen molar-refractivity contribution in [2.24, 2.45) is 0 Å². The van der Waals surface area contributed by atoms with Crippen LogP contribution in [0.1, 0.15) is 11.1 Å².